The molecule has 0 aliphatic rings. The zero-order valence-electron chi connectivity index (χ0n) is 12.7. The molecular formula is C18H17N3O. The smallest absolute Gasteiger partial charge is 0.233 e. The number of benzene rings is 1. The molecule has 0 atom stereocenters. The van der Waals surface area contributed by atoms with Crippen molar-refractivity contribution in [3.05, 3.63) is 71.4 Å². The zero-order chi connectivity index (χ0) is 15.4. The van der Waals surface area contributed by atoms with Gasteiger partial charge in [0.25, 0.3) is 0 Å². The molecule has 2 aromatic heterocycles. The molecule has 22 heavy (non-hydrogen) atoms. The van der Waals surface area contributed by atoms with Crippen LogP contribution in [0.25, 0.3) is 11.4 Å². The molecule has 0 amide bonds. The van der Waals surface area contributed by atoms with Gasteiger partial charge in [0.05, 0.1) is 5.69 Å². The van der Waals surface area contributed by atoms with E-state index in [1.807, 2.05) is 30.3 Å². The first kappa shape index (κ1) is 14.2. The summed E-state index contributed by atoms with van der Waals surface area (Å²) in [6, 6.07) is 15.7. The molecule has 4 heteroatoms. The van der Waals surface area contributed by atoms with Crippen molar-refractivity contribution in [2.45, 2.75) is 20.5 Å². The number of hydrogen-bond donors (Lipinski definition) is 0. The van der Waals surface area contributed by atoms with Crippen LogP contribution >= 0.6 is 0 Å². The van der Waals surface area contributed by atoms with Crippen molar-refractivity contribution in [1.29, 1.82) is 0 Å². The van der Waals surface area contributed by atoms with Crippen LogP contribution in [-0.4, -0.2) is 15.2 Å². The summed E-state index contributed by atoms with van der Waals surface area (Å²) in [5.41, 5.74) is 5.16. The normalized spacial score (nSPS) is 10.5. The van der Waals surface area contributed by atoms with Gasteiger partial charge in [-0.1, -0.05) is 29.8 Å². The van der Waals surface area contributed by atoms with Crippen molar-refractivity contribution < 1.29 is 4.74 Å². The van der Waals surface area contributed by atoms with Crippen LogP contribution in [0, 0.1) is 13.8 Å². The summed E-state index contributed by atoms with van der Waals surface area (Å²) >= 11 is 0. The standard InChI is InChI=1S/C18H17N3O/c1-13-6-7-15(14(2)11-13)12-22-18-9-8-17(20-21-18)16-5-3-4-10-19-16/h3-11H,12H2,1-2H3. The van der Waals surface area contributed by atoms with E-state index in [2.05, 4.69) is 47.2 Å². The first-order chi connectivity index (χ1) is 10.7. The van der Waals surface area contributed by atoms with E-state index in [0.29, 0.717) is 12.5 Å². The maximum atomic E-state index is 5.71. The quantitative estimate of drug-likeness (QED) is 0.734. The lowest BCUT2D eigenvalue weighted by Crippen LogP contribution is -2.01. The first-order valence-corrected chi connectivity index (χ1v) is 7.16. The van der Waals surface area contributed by atoms with Gasteiger partial charge in [0.2, 0.25) is 5.88 Å². The van der Waals surface area contributed by atoms with Gasteiger partial charge >= 0.3 is 0 Å². The SMILES string of the molecule is Cc1ccc(COc2ccc(-c3ccccn3)nn2)c(C)c1. The molecule has 0 N–H and O–H groups in total. The number of pyridine rings is 1. The minimum absolute atomic E-state index is 0.490. The third kappa shape index (κ3) is 3.28. The number of hydrogen-bond acceptors (Lipinski definition) is 4. The number of rotatable bonds is 4. The van der Waals surface area contributed by atoms with E-state index in [0.717, 1.165) is 17.0 Å². The highest BCUT2D eigenvalue weighted by atomic mass is 16.5. The highest BCUT2D eigenvalue weighted by molar-refractivity contribution is 5.52. The molecule has 0 unspecified atom stereocenters. The molecule has 4 nitrogen and oxygen atoms in total. The molecule has 3 rings (SSSR count). The van der Waals surface area contributed by atoms with Crippen LogP contribution in [0.2, 0.25) is 0 Å². The fourth-order valence-corrected chi connectivity index (χ4v) is 2.21. The van der Waals surface area contributed by atoms with E-state index in [9.17, 15) is 0 Å². The van der Waals surface area contributed by atoms with Crippen molar-refractivity contribution in [2.24, 2.45) is 0 Å². The number of aryl methyl sites for hydroxylation is 2. The predicted molar refractivity (Wildman–Crippen MR) is 85.5 cm³/mol. The van der Waals surface area contributed by atoms with Gasteiger partial charge < -0.3 is 4.74 Å². The highest BCUT2D eigenvalue weighted by Gasteiger charge is 2.04. The van der Waals surface area contributed by atoms with E-state index in [1.165, 1.54) is 11.1 Å². The van der Waals surface area contributed by atoms with Crippen molar-refractivity contribution in [3.63, 3.8) is 0 Å². The van der Waals surface area contributed by atoms with Gasteiger partial charge in [0.1, 0.15) is 12.3 Å². The summed E-state index contributed by atoms with van der Waals surface area (Å²) < 4.78 is 5.71. The second kappa shape index (κ2) is 6.35. The van der Waals surface area contributed by atoms with Crippen molar-refractivity contribution in [1.82, 2.24) is 15.2 Å². The van der Waals surface area contributed by atoms with E-state index in [-0.39, 0.29) is 0 Å². The first-order valence-electron chi connectivity index (χ1n) is 7.16. The number of aromatic nitrogens is 3. The van der Waals surface area contributed by atoms with Gasteiger partial charge in [-0.05, 0) is 43.2 Å². The van der Waals surface area contributed by atoms with Crippen molar-refractivity contribution in [2.75, 3.05) is 0 Å². The minimum Gasteiger partial charge on any atom is -0.472 e. The molecule has 110 valence electrons. The molecular weight excluding hydrogens is 274 g/mol. The fourth-order valence-electron chi connectivity index (χ4n) is 2.21. The van der Waals surface area contributed by atoms with Crippen molar-refractivity contribution in [3.8, 4) is 17.3 Å². The molecule has 3 aromatic rings. The lowest BCUT2D eigenvalue weighted by atomic mass is 10.1. The second-order valence-electron chi connectivity index (χ2n) is 5.19. The van der Waals surface area contributed by atoms with Crippen LogP contribution in [0.3, 0.4) is 0 Å². The van der Waals surface area contributed by atoms with E-state index < -0.39 is 0 Å². The summed E-state index contributed by atoms with van der Waals surface area (Å²) in [7, 11) is 0. The van der Waals surface area contributed by atoms with Gasteiger partial charge in [0.15, 0.2) is 0 Å². The van der Waals surface area contributed by atoms with Gasteiger partial charge in [-0.2, -0.15) is 0 Å². The minimum atomic E-state index is 0.490. The summed E-state index contributed by atoms with van der Waals surface area (Å²) in [5, 5.41) is 8.27. The summed E-state index contributed by atoms with van der Waals surface area (Å²) in [4.78, 5) is 4.25. The average Bonchev–Trinajstić information content (AvgIpc) is 2.55. The van der Waals surface area contributed by atoms with E-state index in [4.69, 9.17) is 4.74 Å². The molecule has 0 saturated heterocycles. The third-order valence-electron chi connectivity index (χ3n) is 3.44. The Kier molecular flexibility index (Phi) is 4.10. The Labute approximate surface area is 129 Å². The lowest BCUT2D eigenvalue weighted by molar-refractivity contribution is 0.289. The maximum Gasteiger partial charge on any atom is 0.233 e. The molecule has 0 fully saturated rings. The number of nitrogens with zero attached hydrogens (tertiary/aromatic N) is 3. The van der Waals surface area contributed by atoms with E-state index >= 15 is 0 Å². The Morgan fingerprint density at radius 1 is 0.909 bits per heavy atom. The largest absolute Gasteiger partial charge is 0.472 e. The molecule has 0 radical (unpaired) electrons. The van der Waals surface area contributed by atoms with E-state index in [1.54, 1.807) is 6.20 Å². The fraction of sp³-hybridized carbons (Fsp3) is 0.167. The molecule has 0 spiro atoms. The summed E-state index contributed by atoms with van der Waals surface area (Å²) in [5.74, 6) is 0.514. The number of ether oxygens (including phenoxy) is 1. The summed E-state index contributed by atoms with van der Waals surface area (Å²) in [6.07, 6.45) is 1.74. The Balaban J connectivity index is 1.69. The Morgan fingerprint density at radius 3 is 2.50 bits per heavy atom. The lowest BCUT2D eigenvalue weighted by Gasteiger charge is -2.08. The molecule has 1 aromatic carbocycles. The van der Waals surface area contributed by atoms with Crippen LogP contribution in [0.5, 0.6) is 5.88 Å². The highest BCUT2D eigenvalue weighted by Crippen LogP contribution is 2.17. The molecule has 2 heterocycles. The Bertz CT molecular complexity index is 755. The van der Waals surface area contributed by atoms with Crippen LogP contribution in [-0.2, 0) is 6.61 Å². The summed E-state index contributed by atoms with van der Waals surface area (Å²) in [6.45, 7) is 4.66. The van der Waals surface area contributed by atoms with Gasteiger partial charge in [-0.15, -0.1) is 10.2 Å². The van der Waals surface area contributed by atoms with Gasteiger partial charge in [-0.3, -0.25) is 4.98 Å². The Hall–Kier alpha value is -2.75. The van der Waals surface area contributed by atoms with Crippen LogP contribution in [0.4, 0.5) is 0 Å². The zero-order valence-corrected chi connectivity index (χ0v) is 12.7. The van der Waals surface area contributed by atoms with Crippen LogP contribution in [0.15, 0.2) is 54.7 Å². The van der Waals surface area contributed by atoms with Crippen LogP contribution < -0.4 is 4.74 Å². The average molecular weight is 291 g/mol. The molecule has 0 bridgehead atoms. The predicted octanol–water partition coefficient (Wildman–Crippen LogP) is 3.73. The molecule has 0 aliphatic heterocycles. The molecule has 0 saturated carbocycles. The van der Waals surface area contributed by atoms with Gasteiger partial charge in [0, 0.05) is 12.3 Å². The topological polar surface area (TPSA) is 47.9 Å². The second-order valence-corrected chi connectivity index (χ2v) is 5.19. The Morgan fingerprint density at radius 2 is 1.82 bits per heavy atom. The maximum absolute atomic E-state index is 5.71. The monoisotopic (exact) mass is 291 g/mol. The van der Waals surface area contributed by atoms with Crippen molar-refractivity contribution >= 4 is 0 Å². The molecule has 0 aliphatic carbocycles. The van der Waals surface area contributed by atoms with Crippen LogP contribution in [0.1, 0.15) is 16.7 Å². The third-order valence-corrected chi connectivity index (χ3v) is 3.44. The van der Waals surface area contributed by atoms with Gasteiger partial charge in [-0.25, -0.2) is 0 Å².